The summed E-state index contributed by atoms with van der Waals surface area (Å²) in [6.45, 7) is 7.34. The number of hydrogen-bond acceptors (Lipinski definition) is 1. The van der Waals surface area contributed by atoms with Crippen molar-refractivity contribution in [3.8, 4) is 0 Å². The molecule has 0 spiro atoms. The van der Waals surface area contributed by atoms with Crippen LogP contribution >= 0.6 is 0 Å². The van der Waals surface area contributed by atoms with Gasteiger partial charge >= 0.3 is 0 Å². The zero-order valence-corrected chi connectivity index (χ0v) is 16.0. The van der Waals surface area contributed by atoms with E-state index in [4.69, 9.17) is 0 Å². The Labute approximate surface area is 148 Å². The van der Waals surface area contributed by atoms with Crippen LogP contribution in [0.3, 0.4) is 0 Å². The summed E-state index contributed by atoms with van der Waals surface area (Å²) in [5.41, 5.74) is 0. The summed E-state index contributed by atoms with van der Waals surface area (Å²) < 4.78 is 0. The van der Waals surface area contributed by atoms with Gasteiger partial charge in [-0.1, -0.05) is 19.3 Å². The highest BCUT2D eigenvalue weighted by atomic mass is 16.2. The molecule has 1 amide bonds. The minimum atomic E-state index is 0.147. The zero-order valence-electron chi connectivity index (χ0n) is 16.0. The van der Waals surface area contributed by atoms with Crippen molar-refractivity contribution in [2.24, 2.45) is 0 Å². The molecule has 0 bridgehead atoms. The largest absolute Gasteiger partial charge is 0.338 e. The molecular weight excluding hydrogens is 298 g/mol. The van der Waals surface area contributed by atoms with E-state index in [1.807, 2.05) is 4.90 Å². The van der Waals surface area contributed by atoms with Crippen LogP contribution in [0.5, 0.6) is 0 Å². The van der Waals surface area contributed by atoms with Crippen molar-refractivity contribution in [2.45, 2.75) is 89.3 Å². The fraction of sp³-hybridized carbons (Fsp3) is 0.950. The average Bonchev–Trinajstić information content (AvgIpc) is 2.68. The van der Waals surface area contributed by atoms with Crippen molar-refractivity contribution in [2.75, 3.05) is 33.2 Å². The predicted molar refractivity (Wildman–Crippen MR) is 97.4 cm³/mol. The maximum absolute atomic E-state index is 12.9. The van der Waals surface area contributed by atoms with Crippen LogP contribution in [0.25, 0.3) is 0 Å². The number of carbonyl (C=O) groups excluding carboxylic acids is 1. The van der Waals surface area contributed by atoms with E-state index in [1.54, 1.807) is 0 Å². The molecule has 3 rings (SSSR count). The fourth-order valence-electron chi connectivity index (χ4n) is 5.37. The molecule has 3 fully saturated rings. The standard InChI is InChI=1S/C20H37N3O/c1-17(20(24)21(2)18-9-5-3-6-10-18)22-15-11-19(12-16-22)23-13-7-4-8-14-23/h17-19H,3-16H2,1-2H3/p+2/t17-/m0/s1. The number of nitrogens with zero attached hydrogens (tertiary/aromatic N) is 1. The fourth-order valence-corrected chi connectivity index (χ4v) is 5.37. The van der Waals surface area contributed by atoms with Gasteiger partial charge in [0.25, 0.3) is 5.91 Å². The lowest BCUT2D eigenvalue weighted by Gasteiger charge is -2.39. The van der Waals surface area contributed by atoms with Crippen molar-refractivity contribution >= 4 is 5.91 Å². The highest BCUT2D eigenvalue weighted by molar-refractivity contribution is 5.80. The third kappa shape index (κ3) is 4.32. The van der Waals surface area contributed by atoms with Gasteiger partial charge in [-0.05, 0) is 39.0 Å². The molecule has 2 heterocycles. The van der Waals surface area contributed by atoms with Crippen molar-refractivity contribution in [1.82, 2.24) is 4.90 Å². The van der Waals surface area contributed by atoms with Crippen LogP contribution in [0.2, 0.25) is 0 Å². The summed E-state index contributed by atoms with van der Waals surface area (Å²) in [5.74, 6) is 0.390. The van der Waals surface area contributed by atoms with Gasteiger partial charge in [-0.3, -0.25) is 4.79 Å². The van der Waals surface area contributed by atoms with Crippen LogP contribution in [-0.4, -0.2) is 62.2 Å². The van der Waals surface area contributed by atoms with E-state index in [-0.39, 0.29) is 6.04 Å². The van der Waals surface area contributed by atoms with Crippen LogP contribution in [0, 0.1) is 0 Å². The highest BCUT2D eigenvalue weighted by Crippen LogP contribution is 2.21. The molecule has 0 radical (unpaired) electrons. The van der Waals surface area contributed by atoms with Gasteiger partial charge in [0.2, 0.25) is 0 Å². The van der Waals surface area contributed by atoms with Crippen molar-refractivity contribution in [3.63, 3.8) is 0 Å². The first-order valence-electron chi connectivity index (χ1n) is 10.6. The lowest BCUT2D eigenvalue weighted by Crippen LogP contribution is -3.22. The van der Waals surface area contributed by atoms with E-state index in [0.717, 1.165) is 6.04 Å². The van der Waals surface area contributed by atoms with Crippen LogP contribution in [0.1, 0.15) is 71.1 Å². The lowest BCUT2D eigenvalue weighted by molar-refractivity contribution is -0.965. The minimum absolute atomic E-state index is 0.147. The second-order valence-electron chi connectivity index (χ2n) is 8.61. The van der Waals surface area contributed by atoms with E-state index in [2.05, 4.69) is 18.9 Å². The van der Waals surface area contributed by atoms with Gasteiger partial charge in [-0.25, -0.2) is 0 Å². The van der Waals surface area contributed by atoms with Crippen molar-refractivity contribution in [3.05, 3.63) is 0 Å². The Balaban J connectivity index is 1.47. The molecule has 0 aromatic carbocycles. The Morgan fingerprint density at radius 1 is 0.875 bits per heavy atom. The van der Waals surface area contributed by atoms with E-state index in [9.17, 15) is 4.79 Å². The second-order valence-corrected chi connectivity index (χ2v) is 8.61. The summed E-state index contributed by atoms with van der Waals surface area (Å²) in [5, 5.41) is 0. The van der Waals surface area contributed by atoms with Crippen LogP contribution in [0.15, 0.2) is 0 Å². The number of quaternary nitrogens is 2. The topological polar surface area (TPSA) is 29.2 Å². The van der Waals surface area contributed by atoms with Gasteiger partial charge in [0.15, 0.2) is 6.04 Å². The summed E-state index contributed by atoms with van der Waals surface area (Å²) in [4.78, 5) is 18.4. The van der Waals surface area contributed by atoms with Crippen LogP contribution in [-0.2, 0) is 4.79 Å². The number of amides is 1. The Hall–Kier alpha value is -0.610. The molecule has 1 aliphatic carbocycles. The molecule has 4 heteroatoms. The molecule has 4 nitrogen and oxygen atoms in total. The molecule has 138 valence electrons. The third-order valence-corrected chi connectivity index (χ3v) is 7.15. The van der Waals surface area contributed by atoms with Crippen LogP contribution < -0.4 is 9.80 Å². The van der Waals surface area contributed by atoms with Gasteiger partial charge in [-0.2, -0.15) is 0 Å². The number of rotatable bonds is 4. The first-order chi connectivity index (χ1) is 11.7. The molecule has 2 saturated heterocycles. The first-order valence-corrected chi connectivity index (χ1v) is 10.6. The van der Waals surface area contributed by atoms with Crippen molar-refractivity contribution < 1.29 is 14.6 Å². The zero-order chi connectivity index (χ0) is 16.9. The summed E-state index contributed by atoms with van der Waals surface area (Å²) in [7, 11) is 2.05. The summed E-state index contributed by atoms with van der Waals surface area (Å²) >= 11 is 0. The van der Waals surface area contributed by atoms with Gasteiger partial charge in [-0.15, -0.1) is 0 Å². The Kier molecular flexibility index (Phi) is 6.56. The smallest absolute Gasteiger partial charge is 0.280 e. The lowest BCUT2D eigenvalue weighted by atomic mass is 9.94. The monoisotopic (exact) mass is 337 g/mol. The van der Waals surface area contributed by atoms with Gasteiger partial charge in [0.05, 0.1) is 32.2 Å². The molecule has 2 N–H and O–H groups in total. The van der Waals surface area contributed by atoms with Gasteiger partial charge in [0.1, 0.15) is 0 Å². The molecule has 0 aromatic rings. The van der Waals surface area contributed by atoms with E-state index >= 15 is 0 Å². The van der Waals surface area contributed by atoms with Crippen LogP contribution in [0.4, 0.5) is 0 Å². The molecule has 1 saturated carbocycles. The molecule has 1 atom stereocenters. The van der Waals surface area contributed by atoms with E-state index in [0.29, 0.717) is 11.9 Å². The molecule has 0 aromatic heterocycles. The molecule has 3 aliphatic rings. The predicted octanol–water partition coefficient (Wildman–Crippen LogP) is 0.282. The molecule has 0 unspecified atom stereocenters. The van der Waals surface area contributed by atoms with E-state index < -0.39 is 0 Å². The quantitative estimate of drug-likeness (QED) is 0.758. The third-order valence-electron chi connectivity index (χ3n) is 7.15. The van der Waals surface area contributed by atoms with Gasteiger partial charge in [0, 0.05) is 25.9 Å². The number of piperidine rings is 2. The Morgan fingerprint density at radius 3 is 2.08 bits per heavy atom. The number of carbonyl (C=O) groups is 1. The SMILES string of the molecule is C[C@@H](C(=O)N(C)C1CCCCC1)[NH+]1CCC([NH+]2CCCCC2)CC1. The Bertz CT molecular complexity index is 394. The minimum Gasteiger partial charge on any atom is -0.338 e. The Morgan fingerprint density at radius 2 is 1.46 bits per heavy atom. The van der Waals surface area contributed by atoms with E-state index in [1.165, 1.54) is 95.3 Å². The highest BCUT2D eigenvalue weighted by Gasteiger charge is 2.36. The molecule has 2 aliphatic heterocycles. The normalized spacial score (nSPS) is 31.6. The average molecular weight is 338 g/mol. The number of nitrogens with one attached hydrogen (secondary N) is 2. The second kappa shape index (κ2) is 8.66. The number of likely N-dealkylation sites (N-methyl/N-ethyl adjacent to an activating group) is 1. The van der Waals surface area contributed by atoms with Crippen molar-refractivity contribution in [1.29, 1.82) is 0 Å². The molecular formula is C20H39N3O+2. The summed E-state index contributed by atoms with van der Waals surface area (Å²) in [6.07, 6.45) is 13.3. The maximum atomic E-state index is 12.9. The molecule has 24 heavy (non-hydrogen) atoms. The maximum Gasteiger partial charge on any atom is 0.280 e. The summed E-state index contributed by atoms with van der Waals surface area (Å²) in [6, 6.07) is 1.52. The number of likely N-dealkylation sites (tertiary alicyclic amines) is 2. The number of hydrogen-bond donors (Lipinski definition) is 2. The van der Waals surface area contributed by atoms with Gasteiger partial charge < -0.3 is 14.7 Å². The first kappa shape index (κ1) is 18.2.